The van der Waals surface area contributed by atoms with Crippen LogP contribution >= 0.6 is 0 Å². The normalized spacial score (nSPS) is 10.2. The smallest absolute Gasteiger partial charge is 0.198 e. The molecule has 0 amide bonds. The fourth-order valence-corrected chi connectivity index (χ4v) is 1.18. The molecule has 0 aliphatic carbocycles. The van der Waals surface area contributed by atoms with E-state index in [4.69, 9.17) is 4.74 Å². The van der Waals surface area contributed by atoms with E-state index in [0.717, 1.165) is 0 Å². The molecule has 0 spiro atoms. The lowest BCUT2D eigenvalue weighted by molar-refractivity contribution is 0.401. The first-order valence-corrected chi connectivity index (χ1v) is 4.45. The average molecular weight is 223 g/mol. The molecule has 0 aliphatic rings. The molecule has 0 unspecified atom stereocenters. The van der Waals surface area contributed by atoms with Gasteiger partial charge in [-0.3, -0.25) is 0 Å². The minimum Gasteiger partial charge on any atom is -0.451 e. The summed E-state index contributed by atoms with van der Waals surface area (Å²) in [5.41, 5.74) is 0. The van der Waals surface area contributed by atoms with Crippen LogP contribution in [0.5, 0.6) is 11.5 Å². The van der Waals surface area contributed by atoms with Crippen molar-refractivity contribution >= 4 is 0 Å². The van der Waals surface area contributed by atoms with Crippen LogP contribution in [0.1, 0.15) is 0 Å². The van der Waals surface area contributed by atoms with E-state index < -0.39 is 23.2 Å². The van der Waals surface area contributed by atoms with Crippen LogP contribution in [0.2, 0.25) is 0 Å². The Kier molecular flexibility index (Phi) is 2.81. The minimum atomic E-state index is -1.08. The summed E-state index contributed by atoms with van der Waals surface area (Å²) in [4.78, 5) is 0. The Morgan fingerprint density at radius 1 is 0.938 bits per heavy atom. The molecule has 0 atom stereocenters. The zero-order chi connectivity index (χ0) is 11.5. The van der Waals surface area contributed by atoms with Crippen molar-refractivity contribution in [2.24, 2.45) is 0 Å². The number of rotatable bonds is 2. The van der Waals surface area contributed by atoms with E-state index >= 15 is 0 Å². The van der Waals surface area contributed by atoms with Gasteiger partial charge in [-0.15, -0.1) is 0 Å². The Morgan fingerprint density at radius 3 is 2.06 bits per heavy atom. The first-order valence-electron chi connectivity index (χ1n) is 4.45. The Bertz CT molecular complexity index is 474. The zero-order valence-electron chi connectivity index (χ0n) is 8.01. The van der Waals surface area contributed by atoms with Crippen molar-refractivity contribution in [3.8, 4) is 11.5 Å². The first-order chi connectivity index (χ1) is 7.66. The van der Waals surface area contributed by atoms with Gasteiger partial charge in [0.25, 0.3) is 0 Å². The zero-order valence-corrected chi connectivity index (χ0v) is 8.01. The largest absolute Gasteiger partial charge is 0.451 e. The van der Waals surface area contributed by atoms with E-state index in [1.54, 1.807) is 0 Å². The Balaban J connectivity index is 2.35. The van der Waals surface area contributed by atoms with Crippen molar-refractivity contribution in [1.29, 1.82) is 0 Å². The quantitative estimate of drug-likeness (QED) is 0.754. The predicted molar refractivity (Wildman–Crippen MR) is 51.7 cm³/mol. The topological polar surface area (TPSA) is 9.23 Å². The molecule has 0 bridgehead atoms. The van der Waals surface area contributed by atoms with E-state index in [-0.39, 0.29) is 5.75 Å². The Morgan fingerprint density at radius 2 is 1.50 bits per heavy atom. The molecule has 0 saturated heterocycles. The molecule has 16 heavy (non-hydrogen) atoms. The molecule has 81 valence electrons. The third-order valence-electron chi connectivity index (χ3n) is 1.87. The van der Waals surface area contributed by atoms with Gasteiger partial charge in [-0.1, -0.05) is 12.1 Å². The number of benzene rings is 2. The fourth-order valence-electron chi connectivity index (χ4n) is 1.18. The van der Waals surface area contributed by atoms with Crippen molar-refractivity contribution in [2.45, 2.75) is 0 Å². The van der Waals surface area contributed by atoms with Gasteiger partial charge < -0.3 is 4.74 Å². The molecular weight excluding hydrogens is 217 g/mol. The fraction of sp³-hybridized carbons (Fsp3) is 0. The molecule has 4 heteroatoms. The lowest BCUT2D eigenvalue weighted by Gasteiger charge is -2.07. The maximum Gasteiger partial charge on any atom is 0.198 e. The Hall–Kier alpha value is -1.97. The third kappa shape index (κ3) is 2.16. The summed E-state index contributed by atoms with van der Waals surface area (Å²) in [6.45, 7) is 0. The maximum absolute atomic E-state index is 13.2. The monoisotopic (exact) mass is 223 g/mol. The van der Waals surface area contributed by atoms with E-state index in [9.17, 15) is 13.2 Å². The molecule has 1 nitrogen and oxygen atoms in total. The third-order valence-corrected chi connectivity index (χ3v) is 1.87. The number of ether oxygens (including phenoxy) is 1. The molecule has 0 fully saturated rings. The first kappa shape index (κ1) is 10.5. The second-order valence-corrected chi connectivity index (χ2v) is 3.04. The van der Waals surface area contributed by atoms with E-state index in [1.165, 1.54) is 24.3 Å². The van der Waals surface area contributed by atoms with Gasteiger partial charge in [0, 0.05) is 12.1 Å². The molecule has 2 rings (SSSR count). The highest BCUT2D eigenvalue weighted by Gasteiger charge is 2.13. The summed E-state index contributed by atoms with van der Waals surface area (Å²) in [6.07, 6.45) is 0. The summed E-state index contributed by atoms with van der Waals surface area (Å²) < 4.78 is 43.9. The van der Waals surface area contributed by atoms with Crippen LogP contribution in [-0.2, 0) is 0 Å². The van der Waals surface area contributed by atoms with E-state index in [1.807, 2.05) is 0 Å². The maximum atomic E-state index is 13.2. The highest BCUT2D eigenvalue weighted by Crippen LogP contribution is 2.27. The van der Waals surface area contributed by atoms with Gasteiger partial charge in [0.15, 0.2) is 17.4 Å². The highest BCUT2D eigenvalue weighted by atomic mass is 19.1. The lowest BCUT2D eigenvalue weighted by Crippen LogP contribution is -1.93. The van der Waals surface area contributed by atoms with Crippen LogP contribution in [0, 0.1) is 23.5 Å². The standard InChI is InChI=1S/C12H6F3O/c13-8-6-10(14)12(11(15)7-8)16-9-4-2-1-3-5-9/h2-7H. The van der Waals surface area contributed by atoms with Crippen LogP contribution in [0.25, 0.3) is 0 Å². The molecule has 0 aromatic heterocycles. The van der Waals surface area contributed by atoms with Crippen LogP contribution in [0.3, 0.4) is 0 Å². The minimum absolute atomic E-state index is 0.253. The van der Waals surface area contributed by atoms with Gasteiger partial charge in [-0.25, -0.2) is 13.2 Å². The van der Waals surface area contributed by atoms with Gasteiger partial charge in [-0.05, 0) is 18.2 Å². The van der Waals surface area contributed by atoms with Crippen LogP contribution in [-0.4, -0.2) is 0 Å². The van der Waals surface area contributed by atoms with Gasteiger partial charge in [-0.2, -0.15) is 0 Å². The number of halogens is 3. The van der Waals surface area contributed by atoms with Crippen molar-refractivity contribution in [3.05, 3.63) is 59.9 Å². The molecule has 0 aliphatic heterocycles. The van der Waals surface area contributed by atoms with Gasteiger partial charge >= 0.3 is 0 Å². The summed E-state index contributed by atoms with van der Waals surface area (Å²) in [6, 6.07) is 9.90. The predicted octanol–water partition coefficient (Wildman–Crippen LogP) is 3.70. The van der Waals surface area contributed by atoms with Crippen LogP contribution in [0.4, 0.5) is 13.2 Å². The van der Waals surface area contributed by atoms with E-state index in [0.29, 0.717) is 12.1 Å². The summed E-state index contributed by atoms with van der Waals surface area (Å²) in [5.74, 6) is -3.50. The van der Waals surface area contributed by atoms with Crippen LogP contribution < -0.4 is 4.74 Å². The highest BCUT2D eigenvalue weighted by molar-refractivity contribution is 5.33. The van der Waals surface area contributed by atoms with Crippen molar-refractivity contribution in [2.75, 3.05) is 0 Å². The second kappa shape index (κ2) is 4.26. The molecule has 0 saturated carbocycles. The van der Waals surface area contributed by atoms with Crippen molar-refractivity contribution in [3.63, 3.8) is 0 Å². The molecule has 0 heterocycles. The SMILES string of the molecule is Fc1cc(F)c(Oc2cc[c]cc2)c(F)c1. The lowest BCUT2D eigenvalue weighted by atomic mass is 10.3. The van der Waals surface area contributed by atoms with Crippen molar-refractivity contribution in [1.82, 2.24) is 0 Å². The van der Waals surface area contributed by atoms with E-state index in [2.05, 4.69) is 6.07 Å². The van der Waals surface area contributed by atoms with Crippen molar-refractivity contribution < 1.29 is 17.9 Å². The summed E-state index contributed by atoms with van der Waals surface area (Å²) >= 11 is 0. The number of hydrogen-bond acceptors (Lipinski definition) is 1. The number of hydrogen-bond donors (Lipinski definition) is 0. The molecule has 2 aromatic carbocycles. The summed E-state index contributed by atoms with van der Waals surface area (Å²) in [5, 5.41) is 0. The van der Waals surface area contributed by atoms with Gasteiger partial charge in [0.1, 0.15) is 11.6 Å². The molecular formula is C12H6F3O. The van der Waals surface area contributed by atoms with Gasteiger partial charge in [0.2, 0.25) is 0 Å². The Labute approximate surface area is 90.1 Å². The van der Waals surface area contributed by atoms with Gasteiger partial charge in [0.05, 0.1) is 0 Å². The molecule has 2 aromatic rings. The van der Waals surface area contributed by atoms with Crippen LogP contribution in [0.15, 0.2) is 36.4 Å². The average Bonchev–Trinajstić information content (AvgIpc) is 2.25. The second-order valence-electron chi connectivity index (χ2n) is 3.04. The summed E-state index contributed by atoms with van der Waals surface area (Å²) in [7, 11) is 0. The molecule has 0 N–H and O–H groups in total. The molecule has 1 radical (unpaired) electrons.